The Hall–Kier alpha value is -0.880. The molecule has 1 heterocycles. The smallest absolute Gasteiger partial charge is 0.0892 e. The molecule has 0 saturated heterocycles. The van der Waals surface area contributed by atoms with E-state index in [1.807, 2.05) is 29.8 Å². The molecule has 0 saturated carbocycles. The van der Waals surface area contributed by atoms with Crippen LogP contribution in [0.15, 0.2) is 28.9 Å². The summed E-state index contributed by atoms with van der Waals surface area (Å²) < 4.78 is 2.91. The summed E-state index contributed by atoms with van der Waals surface area (Å²) in [5, 5.41) is 5.09. The Kier molecular flexibility index (Phi) is 5.21. The zero-order valence-corrected chi connectivity index (χ0v) is 13.9. The van der Waals surface area contributed by atoms with Crippen LogP contribution in [0.1, 0.15) is 36.2 Å². The Labute approximate surface area is 132 Å². The number of rotatable bonds is 5. The Morgan fingerprint density at radius 1 is 1.50 bits per heavy atom. The van der Waals surface area contributed by atoms with E-state index in [1.165, 1.54) is 0 Å². The summed E-state index contributed by atoms with van der Waals surface area (Å²) in [6.45, 7) is 5.01. The molecule has 0 amide bonds. The third-order valence-corrected chi connectivity index (χ3v) is 4.11. The van der Waals surface area contributed by atoms with Crippen LogP contribution >= 0.6 is 27.5 Å². The summed E-state index contributed by atoms with van der Waals surface area (Å²) in [6, 6.07) is 5.66. The summed E-state index contributed by atoms with van der Waals surface area (Å²) in [4.78, 5) is 0. The first-order valence-electron chi connectivity index (χ1n) is 6.51. The zero-order valence-electron chi connectivity index (χ0n) is 11.5. The van der Waals surface area contributed by atoms with Crippen molar-refractivity contribution in [1.29, 1.82) is 0 Å². The Morgan fingerprint density at radius 2 is 2.25 bits per heavy atom. The first-order valence-corrected chi connectivity index (χ1v) is 7.69. The molecule has 1 unspecified atom stereocenters. The van der Waals surface area contributed by atoms with Crippen molar-refractivity contribution in [2.45, 2.75) is 32.9 Å². The van der Waals surface area contributed by atoms with Crippen molar-refractivity contribution in [2.75, 3.05) is 0 Å². The molecule has 0 aliphatic carbocycles. The van der Waals surface area contributed by atoms with Gasteiger partial charge in [-0.2, -0.15) is 5.10 Å². The van der Waals surface area contributed by atoms with E-state index in [0.29, 0.717) is 5.02 Å². The number of nitrogens with one attached hydrogen (secondary N) is 1. The van der Waals surface area contributed by atoms with E-state index >= 15 is 0 Å². The summed E-state index contributed by atoms with van der Waals surface area (Å²) in [6.07, 6.45) is 2.81. The molecule has 0 bridgehead atoms. The fourth-order valence-corrected chi connectivity index (χ4v) is 2.99. The number of nitrogens with zero attached hydrogens (tertiary/aromatic N) is 2. The standard InChI is InChI=1S/C14H18BrClN4/c1-3-6-20-14(12(15)8-18-20)13(19-17)11-7-10(16)5-4-9(11)2/h4-5,7-8,13,19H,3,6,17H2,1-2H3. The fourth-order valence-electron chi connectivity index (χ4n) is 2.29. The second-order valence-electron chi connectivity index (χ2n) is 4.70. The van der Waals surface area contributed by atoms with Gasteiger partial charge in [-0.1, -0.05) is 24.6 Å². The van der Waals surface area contributed by atoms with Crippen LogP contribution < -0.4 is 11.3 Å². The molecule has 4 nitrogen and oxygen atoms in total. The molecule has 1 atom stereocenters. The van der Waals surface area contributed by atoms with Crippen LogP contribution in [0.4, 0.5) is 0 Å². The van der Waals surface area contributed by atoms with Gasteiger partial charge in [-0.05, 0) is 52.5 Å². The van der Waals surface area contributed by atoms with Gasteiger partial charge in [-0.3, -0.25) is 10.5 Å². The summed E-state index contributed by atoms with van der Waals surface area (Å²) in [7, 11) is 0. The molecule has 0 aliphatic heterocycles. The molecule has 1 aromatic carbocycles. The van der Waals surface area contributed by atoms with Gasteiger partial charge in [-0.25, -0.2) is 5.43 Å². The Morgan fingerprint density at radius 3 is 2.90 bits per heavy atom. The van der Waals surface area contributed by atoms with Crippen molar-refractivity contribution in [3.05, 3.63) is 50.7 Å². The van der Waals surface area contributed by atoms with E-state index in [-0.39, 0.29) is 6.04 Å². The minimum absolute atomic E-state index is 0.155. The van der Waals surface area contributed by atoms with Crippen LogP contribution in [-0.2, 0) is 6.54 Å². The second-order valence-corrected chi connectivity index (χ2v) is 5.99. The number of benzene rings is 1. The van der Waals surface area contributed by atoms with Crippen molar-refractivity contribution in [3.8, 4) is 0 Å². The minimum Gasteiger partial charge on any atom is -0.271 e. The van der Waals surface area contributed by atoms with E-state index in [2.05, 4.69) is 33.4 Å². The van der Waals surface area contributed by atoms with E-state index in [4.69, 9.17) is 17.4 Å². The van der Waals surface area contributed by atoms with Crippen molar-refractivity contribution < 1.29 is 0 Å². The molecule has 108 valence electrons. The van der Waals surface area contributed by atoms with E-state index in [0.717, 1.165) is 34.3 Å². The molecule has 1 aromatic heterocycles. The van der Waals surface area contributed by atoms with Crippen molar-refractivity contribution in [1.82, 2.24) is 15.2 Å². The lowest BCUT2D eigenvalue weighted by Gasteiger charge is -2.21. The van der Waals surface area contributed by atoms with Crippen LogP contribution in [0.25, 0.3) is 0 Å². The highest BCUT2D eigenvalue weighted by atomic mass is 79.9. The monoisotopic (exact) mass is 356 g/mol. The lowest BCUT2D eigenvalue weighted by molar-refractivity contribution is 0.518. The van der Waals surface area contributed by atoms with Crippen LogP contribution in [-0.4, -0.2) is 9.78 Å². The second kappa shape index (κ2) is 6.72. The predicted molar refractivity (Wildman–Crippen MR) is 85.6 cm³/mol. The maximum Gasteiger partial charge on any atom is 0.0892 e. The van der Waals surface area contributed by atoms with Crippen molar-refractivity contribution in [3.63, 3.8) is 0 Å². The Balaban J connectivity index is 2.52. The predicted octanol–water partition coefficient (Wildman–Crippen LogP) is 3.57. The van der Waals surface area contributed by atoms with Crippen LogP contribution in [0.3, 0.4) is 0 Å². The van der Waals surface area contributed by atoms with Crippen LogP contribution in [0, 0.1) is 6.92 Å². The highest BCUT2D eigenvalue weighted by Gasteiger charge is 2.22. The zero-order chi connectivity index (χ0) is 14.7. The lowest BCUT2D eigenvalue weighted by atomic mass is 9.99. The lowest BCUT2D eigenvalue weighted by Crippen LogP contribution is -2.31. The SMILES string of the molecule is CCCn1ncc(Br)c1C(NN)c1cc(Cl)ccc1C. The average Bonchev–Trinajstić information content (AvgIpc) is 2.77. The van der Waals surface area contributed by atoms with Crippen LogP contribution in [0.2, 0.25) is 5.02 Å². The summed E-state index contributed by atoms with van der Waals surface area (Å²) in [5.41, 5.74) is 6.08. The van der Waals surface area contributed by atoms with Gasteiger partial charge >= 0.3 is 0 Å². The molecular weight excluding hydrogens is 340 g/mol. The summed E-state index contributed by atoms with van der Waals surface area (Å²) >= 11 is 9.67. The van der Waals surface area contributed by atoms with Gasteiger partial charge in [0.25, 0.3) is 0 Å². The molecule has 6 heteroatoms. The number of aryl methyl sites for hydroxylation is 2. The van der Waals surface area contributed by atoms with Crippen molar-refractivity contribution >= 4 is 27.5 Å². The largest absolute Gasteiger partial charge is 0.271 e. The van der Waals surface area contributed by atoms with Gasteiger partial charge in [0.15, 0.2) is 0 Å². The molecular formula is C14H18BrClN4. The van der Waals surface area contributed by atoms with Crippen LogP contribution in [0.5, 0.6) is 0 Å². The number of hydrogen-bond donors (Lipinski definition) is 2. The van der Waals surface area contributed by atoms with E-state index < -0.39 is 0 Å². The third-order valence-electron chi connectivity index (χ3n) is 3.26. The molecule has 0 spiro atoms. The molecule has 2 rings (SSSR count). The number of hydrazine groups is 1. The fraction of sp³-hybridized carbons (Fsp3) is 0.357. The van der Waals surface area contributed by atoms with Gasteiger partial charge in [0, 0.05) is 11.6 Å². The molecule has 20 heavy (non-hydrogen) atoms. The normalized spacial score (nSPS) is 12.7. The summed E-state index contributed by atoms with van der Waals surface area (Å²) in [5.74, 6) is 5.79. The topological polar surface area (TPSA) is 55.9 Å². The maximum absolute atomic E-state index is 6.12. The molecule has 3 N–H and O–H groups in total. The molecule has 0 aliphatic rings. The van der Waals surface area contributed by atoms with E-state index in [9.17, 15) is 0 Å². The van der Waals surface area contributed by atoms with Gasteiger partial charge in [0.2, 0.25) is 0 Å². The first kappa shape index (κ1) is 15.5. The molecule has 0 fully saturated rings. The van der Waals surface area contributed by atoms with Gasteiger partial charge in [0.1, 0.15) is 0 Å². The third kappa shape index (κ3) is 3.06. The molecule has 0 radical (unpaired) electrons. The number of halogens is 2. The quantitative estimate of drug-likeness (QED) is 0.635. The number of nitrogens with two attached hydrogens (primary N) is 1. The minimum atomic E-state index is -0.155. The first-order chi connectivity index (χ1) is 9.58. The van der Waals surface area contributed by atoms with E-state index in [1.54, 1.807) is 6.20 Å². The van der Waals surface area contributed by atoms with Gasteiger partial charge in [-0.15, -0.1) is 0 Å². The average molecular weight is 358 g/mol. The number of hydrogen-bond acceptors (Lipinski definition) is 3. The Bertz CT molecular complexity index is 597. The highest BCUT2D eigenvalue weighted by molar-refractivity contribution is 9.10. The highest BCUT2D eigenvalue weighted by Crippen LogP contribution is 2.31. The number of aromatic nitrogens is 2. The van der Waals surface area contributed by atoms with Crippen molar-refractivity contribution in [2.24, 2.45) is 5.84 Å². The van der Waals surface area contributed by atoms with Gasteiger partial charge in [0.05, 0.1) is 22.4 Å². The molecule has 2 aromatic rings. The van der Waals surface area contributed by atoms with Gasteiger partial charge < -0.3 is 0 Å². The maximum atomic E-state index is 6.12.